The van der Waals surface area contributed by atoms with E-state index in [1.807, 2.05) is 6.08 Å². The Morgan fingerprint density at radius 3 is 2.21 bits per heavy atom. The normalized spacial score (nSPS) is 19.5. The molecule has 2 aromatic carbocycles. The minimum Gasteiger partial charge on any atom is -0.377 e. The van der Waals surface area contributed by atoms with Crippen molar-refractivity contribution in [2.24, 2.45) is 5.92 Å². The first-order chi connectivity index (χ1) is 14.3. The first-order valence-corrected chi connectivity index (χ1v) is 11.3. The SMILES string of the molecule is C=CCCCOCc1ccc(-c2ccc(C3CCC(C=CCC)CC3)cc2)cc1. The highest BCUT2D eigenvalue weighted by Crippen LogP contribution is 2.37. The monoisotopic (exact) mass is 388 g/mol. The van der Waals surface area contributed by atoms with Crippen molar-refractivity contribution >= 4 is 0 Å². The molecule has 0 heterocycles. The highest BCUT2D eigenvalue weighted by Gasteiger charge is 2.20. The summed E-state index contributed by atoms with van der Waals surface area (Å²) in [6, 6.07) is 18.1. The molecule has 0 aliphatic heterocycles. The van der Waals surface area contributed by atoms with Crippen molar-refractivity contribution in [3.05, 3.63) is 84.5 Å². The molecule has 154 valence electrons. The van der Waals surface area contributed by atoms with Crippen molar-refractivity contribution in [3.63, 3.8) is 0 Å². The highest BCUT2D eigenvalue weighted by molar-refractivity contribution is 5.64. The van der Waals surface area contributed by atoms with Crippen LogP contribution in [-0.4, -0.2) is 6.61 Å². The molecule has 2 aromatic rings. The van der Waals surface area contributed by atoms with Crippen molar-refractivity contribution in [2.75, 3.05) is 6.61 Å². The molecule has 0 amide bonds. The van der Waals surface area contributed by atoms with E-state index in [1.165, 1.54) is 47.9 Å². The van der Waals surface area contributed by atoms with E-state index < -0.39 is 0 Å². The second-order valence-corrected chi connectivity index (χ2v) is 8.25. The first kappa shape index (κ1) is 21.6. The summed E-state index contributed by atoms with van der Waals surface area (Å²) < 4.78 is 5.73. The Hall–Kier alpha value is -2.12. The summed E-state index contributed by atoms with van der Waals surface area (Å²) in [5, 5.41) is 0. The molecular weight excluding hydrogens is 352 g/mol. The lowest BCUT2D eigenvalue weighted by atomic mass is 9.78. The van der Waals surface area contributed by atoms with Crippen LogP contribution in [0.15, 0.2) is 73.3 Å². The Labute approximate surface area is 177 Å². The van der Waals surface area contributed by atoms with Gasteiger partial charge in [-0.25, -0.2) is 0 Å². The molecule has 1 nitrogen and oxygen atoms in total. The van der Waals surface area contributed by atoms with Gasteiger partial charge in [0.25, 0.3) is 0 Å². The molecule has 29 heavy (non-hydrogen) atoms. The van der Waals surface area contributed by atoms with Crippen molar-refractivity contribution in [3.8, 4) is 11.1 Å². The van der Waals surface area contributed by atoms with Gasteiger partial charge < -0.3 is 4.74 Å². The molecule has 1 heteroatoms. The van der Waals surface area contributed by atoms with Crippen molar-refractivity contribution in [1.29, 1.82) is 0 Å². The van der Waals surface area contributed by atoms with Gasteiger partial charge in [0.1, 0.15) is 0 Å². The Bertz CT molecular complexity index is 746. The molecule has 0 bridgehead atoms. The van der Waals surface area contributed by atoms with Gasteiger partial charge in [0, 0.05) is 6.61 Å². The molecule has 1 aliphatic rings. The summed E-state index contributed by atoms with van der Waals surface area (Å²) in [5.41, 5.74) is 5.32. The smallest absolute Gasteiger partial charge is 0.0716 e. The molecule has 0 aromatic heterocycles. The second kappa shape index (κ2) is 11.8. The third kappa shape index (κ3) is 6.72. The second-order valence-electron chi connectivity index (χ2n) is 8.25. The van der Waals surface area contributed by atoms with Gasteiger partial charge in [-0.2, -0.15) is 0 Å². The summed E-state index contributed by atoms with van der Waals surface area (Å²) in [7, 11) is 0. The zero-order chi connectivity index (χ0) is 20.3. The van der Waals surface area contributed by atoms with Crippen LogP contribution in [0.5, 0.6) is 0 Å². The van der Waals surface area contributed by atoms with E-state index in [0.717, 1.165) is 37.7 Å². The van der Waals surface area contributed by atoms with Crippen LogP contribution in [-0.2, 0) is 11.3 Å². The summed E-state index contributed by atoms with van der Waals surface area (Å²) in [4.78, 5) is 0. The minimum atomic E-state index is 0.687. The fourth-order valence-electron chi connectivity index (χ4n) is 4.23. The van der Waals surface area contributed by atoms with E-state index in [-0.39, 0.29) is 0 Å². The maximum atomic E-state index is 5.73. The van der Waals surface area contributed by atoms with E-state index in [0.29, 0.717) is 6.61 Å². The number of hydrogen-bond donors (Lipinski definition) is 0. The Balaban J connectivity index is 1.51. The molecule has 0 saturated heterocycles. The maximum absolute atomic E-state index is 5.73. The van der Waals surface area contributed by atoms with Gasteiger partial charge in [0.15, 0.2) is 0 Å². The van der Waals surface area contributed by atoms with E-state index in [9.17, 15) is 0 Å². The topological polar surface area (TPSA) is 9.23 Å². The average molecular weight is 389 g/mol. The van der Waals surface area contributed by atoms with Gasteiger partial charge in [0.2, 0.25) is 0 Å². The van der Waals surface area contributed by atoms with E-state index >= 15 is 0 Å². The summed E-state index contributed by atoms with van der Waals surface area (Å²) in [5.74, 6) is 1.53. The van der Waals surface area contributed by atoms with Gasteiger partial charge >= 0.3 is 0 Å². The number of hydrogen-bond acceptors (Lipinski definition) is 1. The third-order valence-electron chi connectivity index (χ3n) is 6.05. The highest BCUT2D eigenvalue weighted by atomic mass is 16.5. The fourth-order valence-corrected chi connectivity index (χ4v) is 4.23. The van der Waals surface area contributed by atoms with Crippen LogP contribution >= 0.6 is 0 Å². The van der Waals surface area contributed by atoms with Crippen LogP contribution in [0.25, 0.3) is 11.1 Å². The molecule has 0 atom stereocenters. The summed E-state index contributed by atoms with van der Waals surface area (Å²) in [6.45, 7) is 7.45. The van der Waals surface area contributed by atoms with Crippen LogP contribution in [0.1, 0.15) is 68.9 Å². The zero-order valence-corrected chi connectivity index (χ0v) is 18.0. The number of ether oxygens (including phenoxy) is 1. The Morgan fingerprint density at radius 1 is 0.931 bits per heavy atom. The predicted molar refractivity (Wildman–Crippen MR) is 125 cm³/mol. The molecule has 0 spiro atoms. The van der Waals surface area contributed by atoms with E-state index in [1.54, 1.807) is 0 Å². The molecule has 0 radical (unpaired) electrons. The summed E-state index contributed by atoms with van der Waals surface area (Å²) in [6.07, 6.45) is 15.2. The van der Waals surface area contributed by atoms with Crippen LogP contribution in [0.4, 0.5) is 0 Å². The van der Waals surface area contributed by atoms with Gasteiger partial charge in [-0.05, 0) is 79.0 Å². The lowest BCUT2D eigenvalue weighted by Crippen LogP contribution is -2.11. The van der Waals surface area contributed by atoms with Gasteiger partial charge in [-0.1, -0.05) is 73.7 Å². The van der Waals surface area contributed by atoms with Crippen molar-refractivity contribution in [2.45, 2.75) is 64.4 Å². The van der Waals surface area contributed by atoms with Crippen LogP contribution in [0, 0.1) is 5.92 Å². The molecule has 0 N–H and O–H groups in total. The van der Waals surface area contributed by atoms with Crippen LogP contribution in [0.3, 0.4) is 0 Å². The quantitative estimate of drug-likeness (QED) is 0.295. The Kier molecular flexibility index (Phi) is 8.77. The van der Waals surface area contributed by atoms with Gasteiger partial charge in [-0.15, -0.1) is 6.58 Å². The van der Waals surface area contributed by atoms with Crippen LogP contribution < -0.4 is 0 Å². The third-order valence-corrected chi connectivity index (χ3v) is 6.05. The fraction of sp³-hybridized carbons (Fsp3) is 0.429. The number of benzene rings is 2. The van der Waals surface area contributed by atoms with Gasteiger partial charge in [0.05, 0.1) is 6.61 Å². The Morgan fingerprint density at radius 2 is 1.59 bits per heavy atom. The van der Waals surface area contributed by atoms with Crippen molar-refractivity contribution < 1.29 is 4.74 Å². The lowest BCUT2D eigenvalue weighted by Gasteiger charge is -2.27. The molecule has 1 aliphatic carbocycles. The molecule has 0 unspecified atom stereocenters. The standard InChI is InChI=1S/C28H36O/c1-3-5-7-21-29-22-24-11-15-26(16-12-24)28-19-17-27(18-20-28)25-13-9-23(10-14-25)8-6-4-2/h3,6,8,11-12,15-20,23,25H,1,4-5,7,9-10,13-14,21-22H2,2H3. The molecular formula is C28H36O. The molecule has 1 saturated carbocycles. The lowest BCUT2D eigenvalue weighted by molar-refractivity contribution is 0.119. The number of allylic oxidation sites excluding steroid dienone is 3. The molecule has 3 rings (SSSR count). The number of unbranched alkanes of at least 4 members (excludes halogenated alkanes) is 1. The largest absolute Gasteiger partial charge is 0.377 e. The first-order valence-electron chi connectivity index (χ1n) is 11.3. The number of rotatable bonds is 10. The maximum Gasteiger partial charge on any atom is 0.0716 e. The zero-order valence-electron chi connectivity index (χ0n) is 18.0. The summed E-state index contributed by atoms with van der Waals surface area (Å²) >= 11 is 0. The van der Waals surface area contributed by atoms with Crippen LogP contribution in [0.2, 0.25) is 0 Å². The van der Waals surface area contributed by atoms with E-state index in [2.05, 4.69) is 74.2 Å². The minimum absolute atomic E-state index is 0.687. The predicted octanol–water partition coefficient (Wildman–Crippen LogP) is 8.08. The van der Waals surface area contributed by atoms with E-state index in [4.69, 9.17) is 4.74 Å². The molecule has 1 fully saturated rings. The van der Waals surface area contributed by atoms with Crippen molar-refractivity contribution in [1.82, 2.24) is 0 Å². The van der Waals surface area contributed by atoms with Gasteiger partial charge in [-0.3, -0.25) is 0 Å². The average Bonchev–Trinajstić information content (AvgIpc) is 2.78.